The summed E-state index contributed by atoms with van der Waals surface area (Å²) >= 11 is 0. The first-order valence-corrected chi connectivity index (χ1v) is 18.0. The van der Waals surface area contributed by atoms with Gasteiger partial charge in [0.15, 0.2) is 0 Å². The lowest BCUT2D eigenvalue weighted by Crippen LogP contribution is -2.10. The molecular weight excluding hydrogens is 647 g/mol. The van der Waals surface area contributed by atoms with Crippen molar-refractivity contribution in [3.63, 3.8) is 0 Å². The van der Waals surface area contributed by atoms with Gasteiger partial charge in [0.2, 0.25) is 0 Å². The molecule has 3 heteroatoms. The van der Waals surface area contributed by atoms with Crippen molar-refractivity contribution in [2.75, 3.05) is 4.90 Å². The van der Waals surface area contributed by atoms with Gasteiger partial charge in [0.1, 0.15) is 22.3 Å². The minimum absolute atomic E-state index is 0.863. The van der Waals surface area contributed by atoms with Crippen LogP contribution in [0.1, 0.15) is 0 Å². The van der Waals surface area contributed by atoms with Crippen molar-refractivity contribution >= 4 is 82.5 Å². The van der Waals surface area contributed by atoms with E-state index in [2.05, 4.69) is 181 Å². The molecular formula is C50H31NO2. The second-order valence-corrected chi connectivity index (χ2v) is 13.7. The van der Waals surface area contributed by atoms with Gasteiger partial charge >= 0.3 is 0 Å². The first-order chi connectivity index (χ1) is 26.3. The van der Waals surface area contributed by atoms with E-state index >= 15 is 0 Å². The number of hydrogen-bond donors (Lipinski definition) is 0. The summed E-state index contributed by atoms with van der Waals surface area (Å²) in [5.74, 6) is 0. The van der Waals surface area contributed by atoms with Gasteiger partial charge in [0, 0.05) is 32.9 Å². The summed E-state index contributed by atoms with van der Waals surface area (Å²) in [7, 11) is 0. The summed E-state index contributed by atoms with van der Waals surface area (Å²) < 4.78 is 12.9. The van der Waals surface area contributed by atoms with Gasteiger partial charge < -0.3 is 13.7 Å². The average Bonchev–Trinajstić information content (AvgIpc) is 3.80. The summed E-state index contributed by atoms with van der Waals surface area (Å²) in [5, 5.41) is 9.22. The van der Waals surface area contributed by atoms with E-state index < -0.39 is 0 Å². The second-order valence-electron chi connectivity index (χ2n) is 13.7. The van der Waals surface area contributed by atoms with Crippen LogP contribution >= 0.6 is 0 Å². The first-order valence-electron chi connectivity index (χ1n) is 18.0. The van der Waals surface area contributed by atoms with E-state index in [0.717, 1.165) is 82.8 Å². The number of fused-ring (bicyclic) bond motifs is 9. The Bertz CT molecular complexity index is 3160. The van der Waals surface area contributed by atoms with Gasteiger partial charge in [-0.1, -0.05) is 127 Å². The summed E-state index contributed by atoms with van der Waals surface area (Å²) in [5.41, 5.74) is 11.4. The smallest absolute Gasteiger partial charge is 0.143 e. The van der Waals surface area contributed by atoms with E-state index in [0.29, 0.717) is 0 Å². The minimum atomic E-state index is 0.863. The van der Waals surface area contributed by atoms with E-state index in [9.17, 15) is 0 Å². The fraction of sp³-hybridized carbons (Fsp3) is 0. The summed E-state index contributed by atoms with van der Waals surface area (Å²) in [6, 6.07) is 66.8. The van der Waals surface area contributed by atoms with Crippen molar-refractivity contribution in [2.24, 2.45) is 0 Å². The molecule has 0 saturated heterocycles. The van der Waals surface area contributed by atoms with Crippen LogP contribution in [-0.2, 0) is 0 Å². The Kier molecular flexibility index (Phi) is 6.55. The Morgan fingerprint density at radius 3 is 1.74 bits per heavy atom. The molecule has 2 heterocycles. The van der Waals surface area contributed by atoms with Crippen LogP contribution < -0.4 is 4.90 Å². The SMILES string of the molecule is c1ccc2c(-c3ccc(N(c4ccc(-c5ccc6c(c5)oc5ccccc56)cc4)c4cccc5oc6c7ccccc7ccc6c45)cc3)cccc2c1. The summed E-state index contributed by atoms with van der Waals surface area (Å²) in [6.45, 7) is 0. The molecule has 11 rings (SSSR count). The highest BCUT2D eigenvalue weighted by atomic mass is 16.3. The molecule has 0 bridgehead atoms. The summed E-state index contributed by atoms with van der Waals surface area (Å²) in [4.78, 5) is 2.35. The number of nitrogens with zero attached hydrogens (tertiary/aromatic N) is 1. The number of anilines is 3. The predicted octanol–water partition coefficient (Wildman–Crippen LogP) is 14.6. The lowest BCUT2D eigenvalue weighted by molar-refractivity contribution is 0.669. The maximum Gasteiger partial charge on any atom is 0.143 e. The number of rotatable bonds is 5. The quantitative estimate of drug-likeness (QED) is 0.182. The van der Waals surface area contributed by atoms with Crippen LogP contribution in [0, 0.1) is 0 Å². The molecule has 9 aromatic carbocycles. The molecule has 0 saturated carbocycles. The first kappa shape index (κ1) is 29.6. The zero-order valence-electron chi connectivity index (χ0n) is 28.7. The number of furan rings is 2. The van der Waals surface area contributed by atoms with Crippen LogP contribution in [0.2, 0.25) is 0 Å². The van der Waals surface area contributed by atoms with Gasteiger partial charge in [0.25, 0.3) is 0 Å². The molecule has 0 unspecified atom stereocenters. The Labute approximate surface area is 305 Å². The number of para-hydroxylation sites is 1. The molecule has 0 aliphatic rings. The molecule has 248 valence electrons. The average molecular weight is 678 g/mol. The molecule has 0 atom stereocenters. The molecule has 53 heavy (non-hydrogen) atoms. The standard InChI is InChI=1S/C50H31NO2/c1-3-12-39-33(9-1)11-7-15-40(39)35-21-27-38(28-22-35)51(45-16-8-18-47-49(45)44-30-23-34-10-2-4-13-41(34)50(44)53-47)37-25-19-32(20-26-37)36-24-29-43-42-14-5-6-17-46(42)52-48(43)31-36/h1-31H. The normalized spacial score (nSPS) is 11.8. The van der Waals surface area contributed by atoms with Crippen LogP contribution in [0.25, 0.3) is 87.7 Å². The van der Waals surface area contributed by atoms with E-state index in [-0.39, 0.29) is 0 Å². The Balaban J connectivity index is 1.07. The second kappa shape index (κ2) is 11.7. The fourth-order valence-corrected chi connectivity index (χ4v) is 8.12. The van der Waals surface area contributed by atoms with Gasteiger partial charge in [0.05, 0.1) is 11.1 Å². The topological polar surface area (TPSA) is 29.5 Å². The number of hydrogen-bond acceptors (Lipinski definition) is 3. The van der Waals surface area contributed by atoms with Crippen LogP contribution in [0.15, 0.2) is 197 Å². The third-order valence-corrected chi connectivity index (χ3v) is 10.7. The van der Waals surface area contributed by atoms with Gasteiger partial charge in [-0.05, 0) is 99.1 Å². The monoisotopic (exact) mass is 677 g/mol. The van der Waals surface area contributed by atoms with Crippen LogP contribution in [0.4, 0.5) is 17.1 Å². The van der Waals surface area contributed by atoms with Crippen LogP contribution in [-0.4, -0.2) is 0 Å². The molecule has 0 radical (unpaired) electrons. The maximum absolute atomic E-state index is 6.64. The highest BCUT2D eigenvalue weighted by molar-refractivity contribution is 6.19. The highest BCUT2D eigenvalue weighted by Crippen LogP contribution is 2.45. The van der Waals surface area contributed by atoms with E-state index in [1.165, 1.54) is 21.9 Å². The molecule has 0 aliphatic heterocycles. The van der Waals surface area contributed by atoms with Crippen LogP contribution in [0.3, 0.4) is 0 Å². The zero-order valence-corrected chi connectivity index (χ0v) is 28.7. The van der Waals surface area contributed by atoms with Crippen molar-refractivity contribution in [3.8, 4) is 22.3 Å². The fourth-order valence-electron chi connectivity index (χ4n) is 8.12. The maximum atomic E-state index is 6.64. The third kappa shape index (κ3) is 4.75. The van der Waals surface area contributed by atoms with Gasteiger partial charge in [-0.3, -0.25) is 0 Å². The van der Waals surface area contributed by atoms with E-state index in [1.807, 2.05) is 12.1 Å². The number of benzene rings is 9. The molecule has 0 aliphatic carbocycles. The van der Waals surface area contributed by atoms with Crippen molar-refractivity contribution in [2.45, 2.75) is 0 Å². The molecule has 0 spiro atoms. The van der Waals surface area contributed by atoms with Gasteiger partial charge in [-0.15, -0.1) is 0 Å². The minimum Gasteiger partial charge on any atom is -0.456 e. The van der Waals surface area contributed by atoms with Gasteiger partial charge in [-0.25, -0.2) is 0 Å². The molecule has 0 amide bonds. The lowest BCUT2D eigenvalue weighted by Gasteiger charge is -2.26. The van der Waals surface area contributed by atoms with Crippen molar-refractivity contribution in [1.82, 2.24) is 0 Å². The van der Waals surface area contributed by atoms with E-state index in [4.69, 9.17) is 8.83 Å². The molecule has 0 N–H and O–H groups in total. The van der Waals surface area contributed by atoms with E-state index in [1.54, 1.807) is 0 Å². The van der Waals surface area contributed by atoms with Crippen molar-refractivity contribution in [1.29, 1.82) is 0 Å². The lowest BCUT2D eigenvalue weighted by atomic mass is 9.98. The third-order valence-electron chi connectivity index (χ3n) is 10.7. The molecule has 2 aromatic heterocycles. The largest absolute Gasteiger partial charge is 0.456 e. The summed E-state index contributed by atoms with van der Waals surface area (Å²) in [6.07, 6.45) is 0. The molecule has 0 fully saturated rings. The highest BCUT2D eigenvalue weighted by Gasteiger charge is 2.21. The molecule has 3 nitrogen and oxygen atoms in total. The zero-order chi connectivity index (χ0) is 34.9. The Hall–Kier alpha value is -7.10. The van der Waals surface area contributed by atoms with Crippen LogP contribution in [0.5, 0.6) is 0 Å². The van der Waals surface area contributed by atoms with Crippen molar-refractivity contribution in [3.05, 3.63) is 188 Å². The Morgan fingerprint density at radius 2 is 0.925 bits per heavy atom. The molecule has 11 aromatic rings. The Morgan fingerprint density at radius 1 is 0.340 bits per heavy atom. The van der Waals surface area contributed by atoms with Crippen molar-refractivity contribution < 1.29 is 8.83 Å². The van der Waals surface area contributed by atoms with Gasteiger partial charge in [-0.2, -0.15) is 0 Å². The predicted molar refractivity (Wildman–Crippen MR) is 222 cm³/mol.